The number of para-hydroxylation sites is 1. The predicted molar refractivity (Wildman–Crippen MR) is 116 cm³/mol. The van der Waals surface area contributed by atoms with Crippen molar-refractivity contribution in [3.63, 3.8) is 0 Å². The largest absolute Gasteiger partial charge is 0.343 e. The van der Waals surface area contributed by atoms with Crippen LogP contribution in [0.15, 0.2) is 84.9 Å². The van der Waals surface area contributed by atoms with Crippen molar-refractivity contribution in [3.8, 4) is 22.6 Å². The maximum atomic E-state index is 13.4. The molecule has 6 heteroatoms. The van der Waals surface area contributed by atoms with E-state index in [1.165, 1.54) is 4.80 Å². The number of fused-ring (bicyclic) bond motifs is 1. The van der Waals surface area contributed by atoms with Gasteiger partial charge in [0.1, 0.15) is 6.54 Å². The summed E-state index contributed by atoms with van der Waals surface area (Å²) in [4.78, 5) is 14.8. The van der Waals surface area contributed by atoms with Crippen molar-refractivity contribution in [2.45, 2.75) is 6.54 Å². The Morgan fingerprint density at radius 3 is 2.20 bits per heavy atom. The molecule has 0 aliphatic rings. The van der Waals surface area contributed by atoms with Gasteiger partial charge in [-0.2, -0.15) is 4.80 Å². The maximum Gasteiger partial charge on any atom is 0.204 e. The highest BCUT2D eigenvalue weighted by molar-refractivity contribution is 6.13. The van der Waals surface area contributed by atoms with Gasteiger partial charge in [0, 0.05) is 23.5 Å². The van der Waals surface area contributed by atoms with Crippen LogP contribution in [0.5, 0.6) is 0 Å². The summed E-state index contributed by atoms with van der Waals surface area (Å²) >= 11 is 0. The molecule has 0 radical (unpaired) electrons. The minimum absolute atomic E-state index is 0.0215. The molecule has 0 aliphatic carbocycles. The van der Waals surface area contributed by atoms with E-state index in [0.717, 1.165) is 27.7 Å². The molecule has 0 amide bonds. The molecule has 146 valence electrons. The fourth-order valence-electron chi connectivity index (χ4n) is 3.83. The Morgan fingerprint density at radius 2 is 1.47 bits per heavy atom. The molecule has 0 fully saturated rings. The summed E-state index contributed by atoms with van der Waals surface area (Å²) in [5.74, 6) is 0.451. The van der Waals surface area contributed by atoms with E-state index in [1.807, 2.05) is 92.0 Å². The number of hydrogen-bond acceptors (Lipinski definition) is 4. The van der Waals surface area contributed by atoms with Crippen molar-refractivity contribution in [2.75, 3.05) is 0 Å². The van der Waals surface area contributed by atoms with E-state index in [-0.39, 0.29) is 12.3 Å². The van der Waals surface area contributed by atoms with Gasteiger partial charge in [-0.15, -0.1) is 10.2 Å². The lowest BCUT2D eigenvalue weighted by molar-refractivity contribution is 0.0963. The van der Waals surface area contributed by atoms with Crippen LogP contribution in [-0.2, 0) is 13.6 Å². The Morgan fingerprint density at radius 1 is 0.833 bits per heavy atom. The second kappa shape index (κ2) is 7.40. The standard InChI is InChI=1S/C24H19N5O/c1-28-20-15-9-8-14-19(20)22(23(28)17-10-4-2-5-11-17)21(30)16-29-26-24(25-27-29)18-12-6-3-7-13-18/h2-15H,16H2,1H3. The number of carbonyl (C=O) groups is 1. The number of tetrazole rings is 1. The predicted octanol–water partition coefficient (Wildman–Crippen LogP) is 4.38. The molecule has 0 N–H and O–H groups in total. The summed E-state index contributed by atoms with van der Waals surface area (Å²) in [6, 6.07) is 27.5. The van der Waals surface area contributed by atoms with Crippen LogP contribution in [0.2, 0.25) is 0 Å². The third-order valence-electron chi connectivity index (χ3n) is 5.20. The lowest BCUT2D eigenvalue weighted by Gasteiger charge is -2.07. The lowest BCUT2D eigenvalue weighted by atomic mass is 10.0. The fourth-order valence-corrected chi connectivity index (χ4v) is 3.83. The van der Waals surface area contributed by atoms with Crippen molar-refractivity contribution in [1.82, 2.24) is 24.8 Å². The zero-order valence-corrected chi connectivity index (χ0v) is 16.4. The number of carbonyl (C=O) groups excluding carboxylic acids is 1. The van der Waals surface area contributed by atoms with Crippen LogP contribution in [0.1, 0.15) is 10.4 Å². The molecule has 3 aromatic carbocycles. The van der Waals surface area contributed by atoms with Crippen LogP contribution in [0.25, 0.3) is 33.5 Å². The van der Waals surface area contributed by atoms with E-state index in [0.29, 0.717) is 11.4 Å². The zero-order chi connectivity index (χ0) is 20.5. The van der Waals surface area contributed by atoms with Gasteiger partial charge in [-0.3, -0.25) is 4.79 Å². The molecule has 6 nitrogen and oxygen atoms in total. The number of hydrogen-bond donors (Lipinski definition) is 0. The van der Waals surface area contributed by atoms with Crippen LogP contribution in [0, 0.1) is 0 Å². The number of ketones is 1. The minimum atomic E-state index is -0.0531. The van der Waals surface area contributed by atoms with Crippen molar-refractivity contribution >= 4 is 16.7 Å². The average Bonchev–Trinajstić information content (AvgIpc) is 3.38. The Kier molecular flexibility index (Phi) is 4.44. The lowest BCUT2D eigenvalue weighted by Crippen LogP contribution is -2.14. The normalized spacial score (nSPS) is 11.1. The summed E-state index contributed by atoms with van der Waals surface area (Å²) in [5.41, 5.74) is 4.45. The summed E-state index contributed by atoms with van der Waals surface area (Å²) < 4.78 is 2.07. The minimum Gasteiger partial charge on any atom is -0.343 e. The fraction of sp³-hybridized carbons (Fsp3) is 0.0833. The molecule has 0 saturated heterocycles. The Bertz CT molecular complexity index is 1340. The third-order valence-corrected chi connectivity index (χ3v) is 5.20. The number of aryl methyl sites for hydroxylation is 1. The molecule has 0 saturated carbocycles. The first-order valence-electron chi connectivity index (χ1n) is 9.71. The molecule has 2 aromatic heterocycles. The highest BCUT2D eigenvalue weighted by Crippen LogP contribution is 2.33. The molecule has 0 bridgehead atoms. The quantitative estimate of drug-likeness (QED) is 0.416. The van der Waals surface area contributed by atoms with Gasteiger partial charge in [-0.1, -0.05) is 78.9 Å². The van der Waals surface area contributed by atoms with Crippen molar-refractivity contribution in [1.29, 1.82) is 0 Å². The smallest absolute Gasteiger partial charge is 0.204 e. The van der Waals surface area contributed by atoms with Crippen LogP contribution in [0.4, 0.5) is 0 Å². The highest BCUT2D eigenvalue weighted by Gasteiger charge is 2.23. The number of benzene rings is 3. The highest BCUT2D eigenvalue weighted by atomic mass is 16.1. The third kappa shape index (κ3) is 3.08. The molecule has 2 heterocycles. The zero-order valence-electron chi connectivity index (χ0n) is 16.4. The molecule has 0 spiro atoms. The molecular formula is C24H19N5O. The number of nitrogens with zero attached hydrogens (tertiary/aromatic N) is 5. The summed E-state index contributed by atoms with van der Waals surface area (Å²) in [7, 11) is 1.99. The first-order valence-corrected chi connectivity index (χ1v) is 9.71. The first-order chi connectivity index (χ1) is 14.7. The molecule has 0 aliphatic heterocycles. The van der Waals surface area contributed by atoms with Crippen LogP contribution >= 0.6 is 0 Å². The van der Waals surface area contributed by atoms with Crippen LogP contribution in [0.3, 0.4) is 0 Å². The average molecular weight is 393 g/mol. The van der Waals surface area contributed by atoms with Crippen molar-refractivity contribution in [3.05, 3.63) is 90.5 Å². The molecule has 0 atom stereocenters. The topological polar surface area (TPSA) is 65.6 Å². The van der Waals surface area contributed by atoms with Gasteiger partial charge in [-0.05, 0) is 16.8 Å². The van der Waals surface area contributed by atoms with Crippen LogP contribution < -0.4 is 0 Å². The van der Waals surface area contributed by atoms with Crippen molar-refractivity contribution in [2.24, 2.45) is 7.05 Å². The van der Waals surface area contributed by atoms with E-state index in [2.05, 4.69) is 20.0 Å². The molecule has 30 heavy (non-hydrogen) atoms. The van der Waals surface area contributed by atoms with E-state index in [9.17, 15) is 4.79 Å². The van der Waals surface area contributed by atoms with Gasteiger partial charge in [0.05, 0.1) is 11.3 Å². The monoisotopic (exact) mass is 393 g/mol. The molecule has 5 aromatic rings. The number of aromatic nitrogens is 5. The number of rotatable bonds is 5. The van der Waals surface area contributed by atoms with Gasteiger partial charge in [-0.25, -0.2) is 0 Å². The molecule has 5 rings (SSSR count). The Hall–Kier alpha value is -4.06. The molecular weight excluding hydrogens is 374 g/mol. The maximum absolute atomic E-state index is 13.4. The second-order valence-electron chi connectivity index (χ2n) is 7.10. The molecule has 0 unspecified atom stereocenters. The van der Waals surface area contributed by atoms with E-state index in [4.69, 9.17) is 0 Å². The second-order valence-corrected chi connectivity index (χ2v) is 7.10. The van der Waals surface area contributed by atoms with Gasteiger partial charge in [0.25, 0.3) is 0 Å². The van der Waals surface area contributed by atoms with Gasteiger partial charge >= 0.3 is 0 Å². The van der Waals surface area contributed by atoms with E-state index < -0.39 is 0 Å². The van der Waals surface area contributed by atoms with Gasteiger partial charge < -0.3 is 4.57 Å². The Labute approximate surface area is 173 Å². The first kappa shape index (κ1) is 18.0. The Balaban J connectivity index is 1.56. The number of Topliss-reactive ketones (excluding diaryl/α,β-unsaturated/α-hetero) is 1. The van der Waals surface area contributed by atoms with E-state index >= 15 is 0 Å². The summed E-state index contributed by atoms with van der Waals surface area (Å²) in [6.45, 7) is 0.0215. The summed E-state index contributed by atoms with van der Waals surface area (Å²) in [5, 5.41) is 13.5. The van der Waals surface area contributed by atoms with Crippen LogP contribution in [-0.4, -0.2) is 30.6 Å². The van der Waals surface area contributed by atoms with Gasteiger partial charge in [0.2, 0.25) is 5.82 Å². The van der Waals surface area contributed by atoms with Crippen molar-refractivity contribution < 1.29 is 4.79 Å². The van der Waals surface area contributed by atoms with Gasteiger partial charge in [0.15, 0.2) is 5.78 Å². The summed E-state index contributed by atoms with van der Waals surface area (Å²) in [6.07, 6.45) is 0. The van der Waals surface area contributed by atoms with E-state index in [1.54, 1.807) is 0 Å². The SMILES string of the molecule is Cn1c(-c2ccccc2)c(C(=O)Cn2nnc(-c3ccccc3)n2)c2ccccc21.